The van der Waals surface area contributed by atoms with E-state index in [-0.39, 0.29) is 6.04 Å². The van der Waals surface area contributed by atoms with E-state index in [9.17, 15) is 4.79 Å². The summed E-state index contributed by atoms with van der Waals surface area (Å²) in [7, 11) is 0. The van der Waals surface area contributed by atoms with Crippen LogP contribution in [0.1, 0.15) is 52.4 Å². The lowest BCUT2D eigenvalue weighted by Gasteiger charge is -2.32. The Balaban J connectivity index is 1.89. The maximum atomic E-state index is 12.5. The normalized spacial score (nSPS) is 34.1. The number of hydrogen-bond donors (Lipinski definition) is 1. The van der Waals surface area contributed by atoms with Crippen molar-refractivity contribution in [3.63, 3.8) is 0 Å². The minimum atomic E-state index is 0.0945. The molecule has 0 aromatic carbocycles. The quantitative estimate of drug-likeness (QED) is 0.818. The van der Waals surface area contributed by atoms with Crippen LogP contribution in [0.25, 0.3) is 0 Å². The van der Waals surface area contributed by atoms with Gasteiger partial charge >= 0.3 is 0 Å². The van der Waals surface area contributed by atoms with Crippen molar-refractivity contribution in [1.82, 2.24) is 10.2 Å². The highest BCUT2D eigenvalue weighted by molar-refractivity contribution is 5.82. The Morgan fingerprint density at radius 3 is 2.89 bits per heavy atom. The van der Waals surface area contributed by atoms with Crippen molar-refractivity contribution in [2.75, 3.05) is 19.6 Å². The highest BCUT2D eigenvalue weighted by Crippen LogP contribution is 2.22. The monoisotopic (exact) mass is 252 g/mol. The summed E-state index contributed by atoms with van der Waals surface area (Å²) in [6, 6.07) is 0.0945. The van der Waals surface area contributed by atoms with Crippen LogP contribution in [-0.4, -0.2) is 36.5 Å². The lowest BCUT2D eigenvalue weighted by molar-refractivity contribution is -0.134. The number of nitrogens with one attached hydrogen (secondary N) is 1. The minimum Gasteiger partial charge on any atom is -0.341 e. The number of amides is 1. The molecular formula is C15H28N2O. The molecule has 0 aromatic heterocycles. The van der Waals surface area contributed by atoms with Gasteiger partial charge in [-0.3, -0.25) is 4.79 Å². The molecule has 3 unspecified atom stereocenters. The zero-order valence-corrected chi connectivity index (χ0v) is 12.0. The first-order valence-corrected chi connectivity index (χ1v) is 7.73. The molecule has 1 amide bonds. The van der Waals surface area contributed by atoms with Gasteiger partial charge in [0.15, 0.2) is 0 Å². The Morgan fingerprint density at radius 2 is 2.11 bits per heavy atom. The Hall–Kier alpha value is -0.570. The van der Waals surface area contributed by atoms with Gasteiger partial charge in [0.05, 0.1) is 6.04 Å². The summed E-state index contributed by atoms with van der Waals surface area (Å²) >= 11 is 0. The van der Waals surface area contributed by atoms with E-state index < -0.39 is 0 Å². The first-order valence-electron chi connectivity index (χ1n) is 7.73. The largest absolute Gasteiger partial charge is 0.341 e. The van der Waals surface area contributed by atoms with Crippen LogP contribution in [0.5, 0.6) is 0 Å². The lowest BCUT2D eigenvalue weighted by atomic mass is 9.90. The zero-order valence-electron chi connectivity index (χ0n) is 12.0. The van der Waals surface area contributed by atoms with Crippen LogP contribution in [-0.2, 0) is 4.79 Å². The predicted molar refractivity (Wildman–Crippen MR) is 74.4 cm³/mol. The summed E-state index contributed by atoms with van der Waals surface area (Å²) < 4.78 is 0. The first kappa shape index (κ1) is 13.9. The van der Waals surface area contributed by atoms with Crippen LogP contribution >= 0.6 is 0 Å². The summed E-state index contributed by atoms with van der Waals surface area (Å²) in [5.41, 5.74) is 0. The highest BCUT2D eigenvalue weighted by Gasteiger charge is 2.29. The van der Waals surface area contributed by atoms with Crippen molar-refractivity contribution in [3.8, 4) is 0 Å². The molecule has 3 nitrogen and oxygen atoms in total. The van der Waals surface area contributed by atoms with Gasteiger partial charge in [-0.2, -0.15) is 0 Å². The molecule has 2 saturated heterocycles. The number of rotatable bonds is 2. The Labute approximate surface area is 111 Å². The van der Waals surface area contributed by atoms with E-state index in [0.717, 1.165) is 37.9 Å². The van der Waals surface area contributed by atoms with Crippen LogP contribution < -0.4 is 5.32 Å². The standard InChI is InChI=1S/C15H28N2O/c1-3-13-6-8-16-14(11-13)15(18)17-9-4-5-12(2)7-10-17/h12-14,16H,3-11H2,1-2H3. The number of likely N-dealkylation sites (tertiary alicyclic amines) is 1. The molecule has 2 rings (SSSR count). The maximum Gasteiger partial charge on any atom is 0.239 e. The molecule has 2 heterocycles. The number of nitrogens with zero attached hydrogens (tertiary/aromatic N) is 1. The minimum absolute atomic E-state index is 0.0945. The highest BCUT2D eigenvalue weighted by atomic mass is 16.2. The molecular weight excluding hydrogens is 224 g/mol. The topological polar surface area (TPSA) is 32.3 Å². The van der Waals surface area contributed by atoms with E-state index in [2.05, 4.69) is 24.1 Å². The van der Waals surface area contributed by atoms with Crippen LogP contribution in [0.4, 0.5) is 0 Å². The van der Waals surface area contributed by atoms with E-state index in [4.69, 9.17) is 0 Å². The zero-order chi connectivity index (χ0) is 13.0. The third-order valence-electron chi connectivity index (χ3n) is 4.72. The summed E-state index contributed by atoms with van der Waals surface area (Å²) in [6.45, 7) is 7.50. The van der Waals surface area contributed by atoms with Crippen LogP contribution in [0.3, 0.4) is 0 Å². The molecule has 0 spiro atoms. The molecule has 2 aliphatic heterocycles. The predicted octanol–water partition coefficient (Wildman–Crippen LogP) is 2.41. The van der Waals surface area contributed by atoms with Gasteiger partial charge in [0.2, 0.25) is 5.91 Å². The van der Waals surface area contributed by atoms with E-state index in [1.54, 1.807) is 0 Å². The number of piperidine rings is 1. The van der Waals surface area contributed by atoms with Crippen molar-refractivity contribution in [3.05, 3.63) is 0 Å². The third kappa shape index (κ3) is 3.47. The van der Waals surface area contributed by atoms with E-state index >= 15 is 0 Å². The van der Waals surface area contributed by atoms with Crippen LogP contribution in [0.2, 0.25) is 0 Å². The van der Waals surface area contributed by atoms with Gasteiger partial charge in [-0.05, 0) is 50.5 Å². The summed E-state index contributed by atoms with van der Waals surface area (Å²) in [4.78, 5) is 14.6. The number of hydrogen-bond acceptors (Lipinski definition) is 2. The average molecular weight is 252 g/mol. The van der Waals surface area contributed by atoms with Gasteiger partial charge in [-0.25, -0.2) is 0 Å². The molecule has 0 radical (unpaired) electrons. The van der Waals surface area contributed by atoms with Gasteiger partial charge in [-0.1, -0.05) is 20.3 Å². The second kappa shape index (κ2) is 6.55. The first-order chi connectivity index (χ1) is 8.70. The molecule has 104 valence electrons. The summed E-state index contributed by atoms with van der Waals surface area (Å²) in [5, 5.41) is 3.42. The smallest absolute Gasteiger partial charge is 0.239 e. The molecule has 2 fully saturated rings. The third-order valence-corrected chi connectivity index (χ3v) is 4.72. The number of carbonyl (C=O) groups excluding carboxylic acids is 1. The van der Waals surface area contributed by atoms with Gasteiger partial charge in [-0.15, -0.1) is 0 Å². The molecule has 0 saturated carbocycles. The molecule has 0 aliphatic carbocycles. The number of carbonyl (C=O) groups is 1. The lowest BCUT2D eigenvalue weighted by Crippen LogP contribution is -2.50. The molecule has 2 aliphatic rings. The molecule has 3 heteroatoms. The summed E-state index contributed by atoms with van der Waals surface area (Å²) in [5.74, 6) is 1.89. The van der Waals surface area contributed by atoms with Crippen molar-refractivity contribution >= 4 is 5.91 Å². The SMILES string of the molecule is CCC1CCNC(C(=O)N2CCCC(C)CC2)C1. The van der Waals surface area contributed by atoms with Crippen molar-refractivity contribution in [2.24, 2.45) is 11.8 Å². The Kier molecular flexibility index (Phi) is 5.04. The van der Waals surface area contributed by atoms with E-state index in [0.29, 0.717) is 5.91 Å². The second-order valence-corrected chi connectivity index (χ2v) is 6.17. The van der Waals surface area contributed by atoms with Gasteiger partial charge in [0.1, 0.15) is 0 Å². The van der Waals surface area contributed by atoms with Crippen LogP contribution in [0.15, 0.2) is 0 Å². The Bertz CT molecular complexity index is 276. The fourth-order valence-corrected chi connectivity index (χ4v) is 3.26. The molecule has 0 aromatic rings. The fourth-order valence-electron chi connectivity index (χ4n) is 3.26. The molecule has 0 bridgehead atoms. The maximum absolute atomic E-state index is 12.5. The van der Waals surface area contributed by atoms with Crippen molar-refractivity contribution < 1.29 is 4.79 Å². The molecule has 1 N–H and O–H groups in total. The average Bonchev–Trinajstić information content (AvgIpc) is 2.63. The Morgan fingerprint density at radius 1 is 1.28 bits per heavy atom. The molecule has 3 atom stereocenters. The van der Waals surface area contributed by atoms with Gasteiger partial charge in [0.25, 0.3) is 0 Å². The van der Waals surface area contributed by atoms with Gasteiger partial charge < -0.3 is 10.2 Å². The van der Waals surface area contributed by atoms with E-state index in [1.165, 1.54) is 32.1 Å². The van der Waals surface area contributed by atoms with Gasteiger partial charge in [0, 0.05) is 13.1 Å². The second-order valence-electron chi connectivity index (χ2n) is 6.17. The van der Waals surface area contributed by atoms with E-state index in [1.807, 2.05) is 0 Å². The molecule has 18 heavy (non-hydrogen) atoms. The van der Waals surface area contributed by atoms with Crippen LogP contribution in [0, 0.1) is 11.8 Å². The fraction of sp³-hybridized carbons (Fsp3) is 0.933. The van der Waals surface area contributed by atoms with Crippen molar-refractivity contribution in [1.29, 1.82) is 0 Å². The summed E-state index contributed by atoms with van der Waals surface area (Å²) in [6.07, 6.45) is 7.12. The van der Waals surface area contributed by atoms with Crippen molar-refractivity contribution in [2.45, 2.75) is 58.4 Å².